The molecule has 0 aliphatic rings. The number of carbonyl (C=O) groups excluding carboxylic acids is 1. The third-order valence-corrected chi connectivity index (χ3v) is 2.96. The first-order valence-corrected chi connectivity index (χ1v) is 5.18. The van der Waals surface area contributed by atoms with Crippen LogP contribution >= 0.6 is 11.3 Å². The second kappa shape index (κ2) is 3.78. The molecule has 0 aromatic carbocycles. The zero-order chi connectivity index (χ0) is 10.8. The summed E-state index contributed by atoms with van der Waals surface area (Å²) in [4.78, 5) is 20.0. The van der Waals surface area contributed by atoms with Crippen LogP contribution in [0.1, 0.15) is 15.4 Å². The zero-order valence-corrected chi connectivity index (χ0v) is 8.91. The Morgan fingerprint density at radius 1 is 1.53 bits per heavy atom. The topological polar surface area (TPSA) is 68.9 Å². The van der Waals surface area contributed by atoms with Gasteiger partial charge in [-0.05, 0) is 19.1 Å². The normalized spacial score (nSPS) is 10.2. The molecule has 0 radical (unpaired) electrons. The van der Waals surface area contributed by atoms with Crippen LogP contribution in [0.15, 0.2) is 24.5 Å². The second-order valence-corrected chi connectivity index (χ2v) is 4.23. The van der Waals surface area contributed by atoms with Crippen molar-refractivity contribution >= 4 is 17.2 Å². The number of aromatic nitrogens is 2. The molecular formula is C10H9N3OS. The van der Waals surface area contributed by atoms with E-state index in [-0.39, 0.29) is 0 Å². The highest BCUT2D eigenvalue weighted by Gasteiger charge is 2.13. The molecule has 4 nitrogen and oxygen atoms in total. The van der Waals surface area contributed by atoms with Crippen molar-refractivity contribution in [3.63, 3.8) is 0 Å². The number of nitrogens with two attached hydrogens (primary N) is 1. The average Bonchev–Trinajstić information content (AvgIpc) is 2.62. The van der Waals surface area contributed by atoms with E-state index in [9.17, 15) is 4.79 Å². The van der Waals surface area contributed by atoms with Gasteiger partial charge in [-0.2, -0.15) is 0 Å². The van der Waals surface area contributed by atoms with E-state index in [1.54, 1.807) is 12.4 Å². The van der Waals surface area contributed by atoms with Crippen molar-refractivity contribution in [2.45, 2.75) is 6.92 Å². The van der Waals surface area contributed by atoms with Gasteiger partial charge in [-0.1, -0.05) is 0 Å². The van der Waals surface area contributed by atoms with Gasteiger partial charge in [0.25, 0.3) is 5.91 Å². The smallest absolute Gasteiger partial charge is 0.268 e. The Kier molecular flexibility index (Phi) is 2.47. The van der Waals surface area contributed by atoms with Crippen LogP contribution < -0.4 is 5.73 Å². The Labute approximate surface area is 90.8 Å². The molecule has 0 aliphatic heterocycles. The number of hydrogen-bond acceptors (Lipinski definition) is 4. The molecule has 1 amide bonds. The van der Waals surface area contributed by atoms with Gasteiger partial charge in [-0.3, -0.25) is 9.78 Å². The van der Waals surface area contributed by atoms with Gasteiger partial charge in [0.15, 0.2) is 0 Å². The van der Waals surface area contributed by atoms with Crippen LogP contribution in [-0.4, -0.2) is 15.9 Å². The van der Waals surface area contributed by atoms with Crippen LogP contribution in [0.3, 0.4) is 0 Å². The third kappa shape index (κ3) is 1.87. The molecule has 0 atom stereocenters. The van der Waals surface area contributed by atoms with E-state index in [0.717, 1.165) is 15.4 Å². The summed E-state index contributed by atoms with van der Waals surface area (Å²) in [6.45, 7) is 1.83. The lowest BCUT2D eigenvalue weighted by Crippen LogP contribution is -2.12. The van der Waals surface area contributed by atoms with Crippen molar-refractivity contribution in [1.82, 2.24) is 9.97 Å². The summed E-state index contributed by atoms with van der Waals surface area (Å²) < 4.78 is 0. The summed E-state index contributed by atoms with van der Waals surface area (Å²) in [5.74, 6) is -0.487. The highest BCUT2D eigenvalue weighted by Crippen LogP contribution is 2.26. The van der Waals surface area contributed by atoms with Gasteiger partial charge in [-0.25, -0.2) is 4.98 Å². The monoisotopic (exact) mass is 219 g/mol. The lowest BCUT2D eigenvalue weighted by atomic mass is 10.3. The number of rotatable bonds is 2. The minimum absolute atomic E-state index is 0.346. The van der Waals surface area contributed by atoms with E-state index in [2.05, 4.69) is 9.97 Å². The standard InChI is InChI=1S/C10H9N3OS/c1-6-8(9(11)14)13-10(15-6)7-3-2-4-12-5-7/h2-5H,1H3,(H2,11,14). The largest absolute Gasteiger partial charge is 0.364 e. The SMILES string of the molecule is Cc1sc(-c2cccnc2)nc1C(N)=O. The van der Waals surface area contributed by atoms with Crippen LogP contribution in [0.5, 0.6) is 0 Å². The third-order valence-electron chi connectivity index (χ3n) is 1.94. The molecule has 15 heavy (non-hydrogen) atoms. The predicted octanol–water partition coefficient (Wildman–Crippen LogP) is 1.61. The molecule has 0 saturated heterocycles. The minimum Gasteiger partial charge on any atom is -0.364 e. The molecule has 76 valence electrons. The molecule has 0 saturated carbocycles. The number of carbonyl (C=O) groups is 1. The Morgan fingerprint density at radius 3 is 2.87 bits per heavy atom. The zero-order valence-electron chi connectivity index (χ0n) is 8.10. The summed E-state index contributed by atoms with van der Waals surface area (Å²) in [7, 11) is 0. The number of aryl methyl sites for hydroxylation is 1. The Bertz CT molecular complexity index is 493. The highest BCUT2D eigenvalue weighted by atomic mass is 32.1. The molecule has 2 rings (SSSR count). The second-order valence-electron chi connectivity index (χ2n) is 3.03. The summed E-state index contributed by atoms with van der Waals surface area (Å²) in [5, 5.41) is 0.773. The molecule has 0 aliphatic carbocycles. The van der Waals surface area contributed by atoms with E-state index in [0.29, 0.717) is 5.69 Å². The van der Waals surface area contributed by atoms with E-state index < -0.39 is 5.91 Å². The number of thiazole rings is 1. The average molecular weight is 219 g/mol. The molecule has 0 bridgehead atoms. The van der Waals surface area contributed by atoms with Gasteiger partial charge in [0.1, 0.15) is 10.7 Å². The maximum absolute atomic E-state index is 11.0. The summed E-state index contributed by atoms with van der Waals surface area (Å²) >= 11 is 1.44. The van der Waals surface area contributed by atoms with E-state index in [4.69, 9.17) is 5.73 Å². The minimum atomic E-state index is -0.487. The quantitative estimate of drug-likeness (QED) is 0.834. The molecule has 2 aromatic heterocycles. The fourth-order valence-corrected chi connectivity index (χ4v) is 2.15. The summed E-state index contributed by atoms with van der Waals surface area (Å²) in [5.41, 5.74) is 6.44. The fourth-order valence-electron chi connectivity index (χ4n) is 1.24. The van der Waals surface area contributed by atoms with Crippen LogP contribution in [0, 0.1) is 6.92 Å². The fraction of sp³-hybridized carbons (Fsp3) is 0.100. The van der Waals surface area contributed by atoms with Crippen molar-refractivity contribution in [3.8, 4) is 10.6 Å². The van der Waals surface area contributed by atoms with Crippen LogP contribution in [-0.2, 0) is 0 Å². The molecule has 2 heterocycles. The molecule has 5 heteroatoms. The maximum atomic E-state index is 11.0. The number of pyridine rings is 1. The summed E-state index contributed by atoms with van der Waals surface area (Å²) in [6, 6.07) is 3.73. The molecule has 2 N–H and O–H groups in total. The van der Waals surface area contributed by atoms with Crippen molar-refractivity contribution < 1.29 is 4.79 Å². The lowest BCUT2D eigenvalue weighted by Gasteiger charge is -1.92. The Morgan fingerprint density at radius 2 is 2.33 bits per heavy atom. The number of hydrogen-bond donors (Lipinski definition) is 1. The van der Waals surface area contributed by atoms with Gasteiger partial charge in [0.05, 0.1) is 0 Å². The van der Waals surface area contributed by atoms with E-state index in [1.165, 1.54) is 11.3 Å². The number of nitrogens with zero attached hydrogens (tertiary/aromatic N) is 2. The van der Waals surface area contributed by atoms with Gasteiger partial charge in [0.2, 0.25) is 0 Å². The number of amides is 1. The molecule has 2 aromatic rings. The first-order chi connectivity index (χ1) is 7.18. The van der Waals surface area contributed by atoms with E-state index in [1.807, 2.05) is 19.1 Å². The van der Waals surface area contributed by atoms with Crippen LogP contribution in [0.2, 0.25) is 0 Å². The van der Waals surface area contributed by atoms with Gasteiger partial charge in [-0.15, -0.1) is 11.3 Å². The Hall–Kier alpha value is -1.75. The molecule has 0 fully saturated rings. The predicted molar refractivity (Wildman–Crippen MR) is 58.6 cm³/mol. The van der Waals surface area contributed by atoms with Crippen LogP contribution in [0.25, 0.3) is 10.6 Å². The van der Waals surface area contributed by atoms with E-state index >= 15 is 0 Å². The van der Waals surface area contributed by atoms with Crippen molar-refractivity contribution in [1.29, 1.82) is 0 Å². The molecule has 0 unspecified atom stereocenters. The Balaban J connectivity index is 2.48. The first-order valence-electron chi connectivity index (χ1n) is 4.36. The highest BCUT2D eigenvalue weighted by molar-refractivity contribution is 7.15. The molecular weight excluding hydrogens is 210 g/mol. The maximum Gasteiger partial charge on any atom is 0.268 e. The number of primary amides is 1. The summed E-state index contributed by atoms with van der Waals surface area (Å²) in [6.07, 6.45) is 3.40. The first kappa shape index (κ1) is 9.79. The molecule has 0 spiro atoms. The van der Waals surface area contributed by atoms with Gasteiger partial charge >= 0.3 is 0 Å². The van der Waals surface area contributed by atoms with Gasteiger partial charge in [0, 0.05) is 22.8 Å². The van der Waals surface area contributed by atoms with Crippen molar-refractivity contribution in [3.05, 3.63) is 35.1 Å². The van der Waals surface area contributed by atoms with Crippen LogP contribution in [0.4, 0.5) is 0 Å². The van der Waals surface area contributed by atoms with Gasteiger partial charge < -0.3 is 5.73 Å². The lowest BCUT2D eigenvalue weighted by molar-refractivity contribution is 0.0996. The van der Waals surface area contributed by atoms with Crippen molar-refractivity contribution in [2.24, 2.45) is 5.73 Å². The van der Waals surface area contributed by atoms with Crippen molar-refractivity contribution in [2.75, 3.05) is 0 Å².